The van der Waals surface area contributed by atoms with Crippen LogP contribution < -0.4 is 0 Å². The highest BCUT2D eigenvalue weighted by atomic mass is 16.3. The molecule has 1 rings (SSSR count). The predicted molar refractivity (Wildman–Crippen MR) is 52.2 cm³/mol. The van der Waals surface area contributed by atoms with Crippen LogP contribution in [0, 0.1) is 5.92 Å². The van der Waals surface area contributed by atoms with Crippen molar-refractivity contribution in [1.29, 1.82) is 0 Å². The van der Waals surface area contributed by atoms with Crippen molar-refractivity contribution in [3.05, 3.63) is 35.9 Å². The molecule has 0 saturated carbocycles. The van der Waals surface area contributed by atoms with Gasteiger partial charge in [-0.1, -0.05) is 37.3 Å². The van der Waals surface area contributed by atoms with E-state index in [2.05, 4.69) is 0 Å². The fraction of sp³-hybridized carbons (Fsp3) is 0.455. The van der Waals surface area contributed by atoms with Crippen LogP contribution in [0.2, 0.25) is 0 Å². The van der Waals surface area contributed by atoms with Crippen molar-refractivity contribution in [2.75, 3.05) is 0 Å². The summed E-state index contributed by atoms with van der Waals surface area (Å²) < 4.78 is 0. The van der Waals surface area contributed by atoms with Gasteiger partial charge in [-0.05, 0) is 12.5 Å². The molecule has 0 heterocycles. The molecule has 3 atom stereocenters. The van der Waals surface area contributed by atoms with E-state index in [9.17, 15) is 10.2 Å². The van der Waals surface area contributed by atoms with Gasteiger partial charge in [0, 0.05) is 5.92 Å². The van der Waals surface area contributed by atoms with Crippen LogP contribution in [0.4, 0.5) is 0 Å². The highest BCUT2D eigenvalue weighted by Gasteiger charge is 2.19. The summed E-state index contributed by atoms with van der Waals surface area (Å²) in [7, 11) is 0. The van der Waals surface area contributed by atoms with Crippen LogP contribution in [0.25, 0.3) is 0 Å². The molecule has 2 nitrogen and oxygen atoms in total. The van der Waals surface area contributed by atoms with Gasteiger partial charge >= 0.3 is 0 Å². The third-order valence-corrected chi connectivity index (χ3v) is 2.40. The summed E-state index contributed by atoms with van der Waals surface area (Å²) in [5.41, 5.74) is 0.857. The first-order valence-electron chi connectivity index (χ1n) is 4.54. The molecule has 1 aromatic rings. The molecule has 0 aliphatic carbocycles. The summed E-state index contributed by atoms with van der Waals surface area (Å²) in [5.74, 6) is -0.137. The molecular formula is C11H16O2. The van der Waals surface area contributed by atoms with Crippen molar-refractivity contribution in [2.45, 2.75) is 26.1 Å². The Kier molecular flexibility index (Phi) is 3.46. The van der Waals surface area contributed by atoms with E-state index in [0.29, 0.717) is 0 Å². The minimum absolute atomic E-state index is 0.137. The van der Waals surface area contributed by atoms with E-state index in [1.54, 1.807) is 6.92 Å². The second-order valence-electron chi connectivity index (χ2n) is 3.46. The van der Waals surface area contributed by atoms with Crippen molar-refractivity contribution in [1.82, 2.24) is 0 Å². The monoisotopic (exact) mass is 180 g/mol. The zero-order valence-corrected chi connectivity index (χ0v) is 8.01. The second kappa shape index (κ2) is 4.40. The fourth-order valence-electron chi connectivity index (χ4n) is 1.22. The van der Waals surface area contributed by atoms with Crippen molar-refractivity contribution < 1.29 is 10.2 Å². The molecule has 0 radical (unpaired) electrons. The second-order valence-corrected chi connectivity index (χ2v) is 3.46. The lowest BCUT2D eigenvalue weighted by Crippen LogP contribution is -2.20. The molecule has 0 aliphatic rings. The van der Waals surface area contributed by atoms with Crippen LogP contribution in [-0.4, -0.2) is 16.3 Å². The lowest BCUT2D eigenvalue weighted by molar-refractivity contribution is 0.0307. The number of aliphatic hydroxyl groups is 2. The van der Waals surface area contributed by atoms with E-state index in [1.165, 1.54) is 0 Å². The Labute approximate surface area is 78.8 Å². The first-order chi connectivity index (χ1) is 6.13. The molecule has 0 aliphatic heterocycles. The SMILES string of the molecule is C[C@@H]([C@H](C)O)[C@H](O)c1ccccc1. The van der Waals surface area contributed by atoms with E-state index in [0.717, 1.165) is 5.56 Å². The number of rotatable bonds is 3. The van der Waals surface area contributed by atoms with Gasteiger partial charge in [0.2, 0.25) is 0 Å². The zero-order chi connectivity index (χ0) is 9.84. The van der Waals surface area contributed by atoms with Gasteiger partial charge in [0.25, 0.3) is 0 Å². The summed E-state index contributed by atoms with van der Waals surface area (Å²) >= 11 is 0. The van der Waals surface area contributed by atoms with Gasteiger partial charge in [0.1, 0.15) is 0 Å². The Morgan fingerprint density at radius 1 is 1.00 bits per heavy atom. The van der Waals surface area contributed by atoms with Crippen LogP contribution in [0.1, 0.15) is 25.5 Å². The van der Waals surface area contributed by atoms with Gasteiger partial charge in [0.05, 0.1) is 12.2 Å². The quantitative estimate of drug-likeness (QED) is 0.743. The molecule has 1 aromatic carbocycles. The number of hydrogen-bond acceptors (Lipinski definition) is 2. The first-order valence-corrected chi connectivity index (χ1v) is 4.54. The van der Waals surface area contributed by atoms with Crippen LogP contribution >= 0.6 is 0 Å². The Hall–Kier alpha value is -0.860. The summed E-state index contributed by atoms with van der Waals surface area (Å²) in [6, 6.07) is 9.40. The van der Waals surface area contributed by atoms with Gasteiger partial charge in [-0.2, -0.15) is 0 Å². The Bertz CT molecular complexity index is 244. The highest BCUT2D eigenvalue weighted by molar-refractivity contribution is 5.17. The summed E-state index contributed by atoms with van der Waals surface area (Å²) in [5, 5.41) is 19.1. The summed E-state index contributed by atoms with van der Waals surface area (Å²) in [6.07, 6.45) is -1.07. The minimum Gasteiger partial charge on any atom is -0.393 e. The maximum Gasteiger partial charge on any atom is 0.0840 e. The fourth-order valence-corrected chi connectivity index (χ4v) is 1.22. The molecule has 13 heavy (non-hydrogen) atoms. The molecule has 0 saturated heterocycles. The van der Waals surface area contributed by atoms with Crippen molar-refractivity contribution in [3.63, 3.8) is 0 Å². The molecule has 0 spiro atoms. The molecule has 0 amide bonds. The molecule has 72 valence electrons. The standard InChI is InChI=1S/C11H16O2/c1-8(9(2)12)11(13)10-6-4-3-5-7-10/h3-9,11-13H,1-2H3/t8-,9-,11-/m0/s1. The van der Waals surface area contributed by atoms with E-state index >= 15 is 0 Å². The van der Waals surface area contributed by atoms with Crippen molar-refractivity contribution in [3.8, 4) is 0 Å². The molecule has 2 heteroatoms. The predicted octanol–water partition coefficient (Wildman–Crippen LogP) is 1.74. The summed E-state index contributed by atoms with van der Waals surface area (Å²) in [4.78, 5) is 0. The maximum atomic E-state index is 9.80. The molecule has 2 N–H and O–H groups in total. The average molecular weight is 180 g/mol. The Balaban J connectivity index is 2.73. The highest BCUT2D eigenvalue weighted by Crippen LogP contribution is 2.23. The largest absolute Gasteiger partial charge is 0.393 e. The molecule has 0 bridgehead atoms. The van der Waals surface area contributed by atoms with Crippen LogP contribution in [0.15, 0.2) is 30.3 Å². The number of benzene rings is 1. The summed E-state index contributed by atoms with van der Waals surface area (Å²) in [6.45, 7) is 3.53. The van der Waals surface area contributed by atoms with Gasteiger partial charge < -0.3 is 10.2 Å². The zero-order valence-electron chi connectivity index (χ0n) is 8.01. The van der Waals surface area contributed by atoms with Crippen LogP contribution in [0.5, 0.6) is 0 Å². The average Bonchev–Trinajstić information content (AvgIpc) is 2.17. The topological polar surface area (TPSA) is 40.5 Å². The Morgan fingerprint density at radius 2 is 1.54 bits per heavy atom. The minimum atomic E-state index is -0.582. The van der Waals surface area contributed by atoms with Gasteiger partial charge in [0.15, 0.2) is 0 Å². The smallest absolute Gasteiger partial charge is 0.0840 e. The lowest BCUT2D eigenvalue weighted by Gasteiger charge is -2.21. The van der Waals surface area contributed by atoms with E-state index in [1.807, 2.05) is 37.3 Å². The number of aliphatic hydroxyl groups excluding tert-OH is 2. The first kappa shape index (κ1) is 10.2. The van der Waals surface area contributed by atoms with Gasteiger partial charge in [-0.15, -0.1) is 0 Å². The van der Waals surface area contributed by atoms with E-state index in [4.69, 9.17) is 0 Å². The molecule has 0 fully saturated rings. The normalized spacial score (nSPS) is 17.8. The maximum absolute atomic E-state index is 9.80. The van der Waals surface area contributed by atoms with Crippen molar-refractivity contribution >= 4 is 0 Å². The Morgan fingerprint density at radius 3 is 2.00 bits per heavy atom. The van der Waals surface area contributed by atoms with Crippen LogP contribution in [-0.2, 0) is 0 Å². The third-order valence-electron chi connectivity index (χ3n) is 2.40. The molecule has 0 unspecified atom stereocenters. The van der Waals surface area contributed by atoms with E-state index < -0.39 is 12.2 Å². The third kappa shape index (κ3) is 2.54. The van der Waals surface area contributed by atoms with Crippen molar-refractivity contribution in [2.24, 2.45) is 5.92 Å². The molecule has 0 aromatic heterocycles. The van der Waals surface area contributed by atoms with E-state index in [-0.39, 0.29) is 5.92 Å². The lowest BCUT2D eigenvalue weighted by atomic mass is 9.93. The molecular weight excluding hydrogens is 164 g/mol. The van der Waals surface area contributed by atoms with Crippen LogP contribution in [0.3, 0.4) is 0 Å². The van der Waals surface area contributed by atoms with Gasteiger partial charge in [-0.25, -0.2) is 0 Å². The number of hydrogen-bond donors (Lipinski definition) is 2. The van der Waals surface area contributed by atoms with Gasteiger partial charge in [-0.3, -0.25) is 0 Å².